The number of aromatic nitrogens is 2. The zero-order valence-electron chi connectivity index (χ0n) is 14.4. The molecule has 0 atom stereocenters. The van der Waals surface area contributed by atoms with Gasteiger partial charge in [0.25, 0.3) is 5.19 Å². The molecule has 1 aliphatic heterocycles. The normalized spacial score (nSPS) is 15.7. The summed E-state index contributed by atoms with van der Waals surface area (Å²) in [7, 11) is 0. The molecule has 1 aliphatic rings. The molecule has 5 nitrogen and oxygen atoms in total. The molecule has 0 radical (unpaired) electrons. The monoisotopic (exact) mass is 365 g/mol. The average Bonchev–Trinajstić information content (AvgIpc) is 3.24. The third kappa shape index (κ3) is 3.18. The van der Waals surface area contributed by atoms with E-state index in [2.05, 4.69) is 20.9 Å². The predicted molar refractivity (Wildman–Crippen MR) is 103 cm³/mol. The molecule has 0 N–H and O–H groups in total. The van der Waals surface area contributed by atoms with Gasteiger partial charge in [0.2, 0.25) is 0 Å². The van der Waals surface area contributed by atoms with Crippen molar-refractivity contribution in [3.05, 3.63) is 48.4 Å². The van der Waals surface area contributed by atoms with Gasteiger partial charge in [0.1, 0.15) is 17.1 Å². The molecule has 1 aromatic carbocycles. The summed E-state index contributed by atoms with van der Waals surface area (Å²) >= 11 is 1.50. The number of benzene rings is 1. The fourth-order valence-electron chi connectivity index (χ4n) is 3.45. The third-order valence-electron chi connectivity index (χ3n) is 4.72. The molecule has 0 unspecified atom stereocenters. The van der Waals surface area contributed by atoms with Crippen LogP contribution in [0.3, 0.4) is 0 Å². The van der Waals surface area contributed by atoms with E-state index < -0.39 is 0 Å². The lowest BCUT2D eigenvalue weighted by molar-refractivity contribution is 0.207. The number of ether oxygens (including phenoxy) is 1. The summed E-state index contributed by atoms with van der Waals surface area (Å²) in [5.74, 6) is 1.78. The van der Waals surface area contributed by atoms with Gasteiger partial charge in [0, 0.05) is 11.6 Å². The maximum atomic E-state index is 6.00. The SMILES string of the molecule is c1cnc2nc(Oc3ccc4oc(CN5CCCCC5)cc4c3)sc2c1. The molecule has 1 fully saturated rings. The molecule has 0 saturated carbocycles. The van der Waals surface area contributed by atoms with Crippen LogP contribution in [-0.4, -0.2) is 28.0 Å². The van der Waals surface area contributed by atoms with E-state index in [-0.39, 0.29) is 0 Å². The standard InChI is InChI=1S/C20H19N3O2S/c1-2-9-23(10-3-1)13-16-12-14-11-15(6-7-17(14)24-16)25-20-22-19-18(26-20)5-4-8-21-19/h4-8,11-12H,1-3,9-10,13H2. The van der Waals surface area contributed by atoms with Crippen LogP contribution < -0.4 is 4.74 Å². The van der Waals surface area contributed by atoms with E-state index in [9.17, 15) is 0 Å². The number of pyridine rings is 1. The van der Waals surface area contributed by atoms with Gasteiger partial charge in [-0.3, -0.25) is 4.90 Å². The topological polar surface area (TPSA) is 51.4 Å². The van der Waals surface area contributed by atoms with E-state index in [0.717, 1.165) is 52.5 Å². The first-order valence-corrected chi connectivity index (χ1v) is 9.79. The maximum Gasteiger partial charge on any atom is 0.281 e. The first-order chi connectivity index (χ1) is 12.8. The Balaban J connectivity index is 1.36. The van der Waals surface area contributed by atoms with Gasteiger partial charge >= 0.3 is 0 Å². The highest BCUT2D eigenvalue weighted by molar-refractivity contribution is 7.20. The Hall–Kier alpha value is -2.44. The molecule has 26 heavy (non-hydrogen) atoms. The molecule has 0 bridgehead atoms. The third-order valence-corrected chi connectivity index (χ3v) is 5.61. The maximum absolute atomic E-state index is 6.00. The zero-order chi connectivity index (χ0) is 17.3. The van der Waals surface area contributed by atoms with Crippen molar-refractivity contribution < 1.29 is 9.15 Å². The van der Waals surface area contributed by atoms with Crippen molar-refractivity contribution in [3.63, 3.8) is 0 Å². The fraction of sp³-hybridized carbons (Fsp3) is 0.300. The van der Waals surface area contributed by atoms with Crippen LogP contribution in [0, 0.1) is 0 Å². The summed E-state index contributed by atoms with van der Waals surface area (Å²) in [6, 6.07) is 11.9. The van der Waals surface area contributed by atoms with Gasteiger partial charge in [-0.1, -0.05) is 17.8 Å². The molecule has 132 valence electrons. The lowest BCUT2D eigenvalue weighted by Gasteiger charge is -2.25. The number of fused-ring (bicyclic) bond motifs is 2. The summed E-state index contributed by atoms with van der Waals surface area (Å²) in [5.41, 5.74) is 1.62. The second-order valence-corrected chi connectivity index (χ2v) is 7.65. The Morgan fingerprint density at radius 1 is 1.12 bits per heavy atom. The molecule has 6 heteroatoms. The van der Waals surface area contributed by atoms with E-state index >= 15 is 0 Å². The number of hydrogen-bond donors (Lipinski definition) is 0. The highest BCUT2D eigenvalue weighted by atomic mass is 32.1. The van der Waals surface area contributed by atoms with Gasteiger partial charge in [-0.05, 0) is 62.3 Å². The van der Waals surface area contributed by atoms with Crippen LogP contribution in [-0.2, 0) is 6.54 Å². The van der Waals surface area contributed by atoms with Gasteiger partial charge in [0.15, 0.2) is 5.65 Å². The Labute approximate surface area is 155 Å². The Kier molecular flexibility index (Phi) is 4.07. The Morgan fingerprint density at radius 3 is 2.92 bits per heavy atom. The summed E-state index contributed by atoms with van der Waals surface area (Å²) in [6.45, 7) is 3.21. The molecule has 1 saturated heterocycles. The van der Waals surface area contributed by atoms with Gasteiger partial charge in [-0.15, -0.1) is 0 Å². The Bertz CT molecular complexity index is 1020. The summed E-state index contributed by atoms with van der Waals surface area (Å²) in [6.07, 6.45) is 5.66. The molecular weight excluding hydrogens is 346 g/mol. The first-order valence-electron chi connectivity index (χ1n) is 8.98. The number of thiazole rings is 1. The first kappa shape index (κ1) is 15.8. The van der Waals surface area contributed by atoms with E-state index in [0.29, 0.717) is 5.19 Å². The van der Waals surface area contributed by atoms with E-state index in [1.165, 1.54) is 30.6 Å². The van der Waals surface area contributed by atoms with Crippen molar-refractivity contribution in [2.45, 2.75) is 25.8 Å². The highest BCUT2D eigenvalue weighted by Crippen LogP contribution is 2.32. The van der Waals surface area contributed by atoms with Crippen LogP contribution in [0.4, 0.5) is 0 Å². The highest BCUT2D eigenvalue weighted by Gasteiger charge is 2.14. The largest absolute Gasteiger partial charge is 0.460 e. The zero-order valence-corrected chi connectivity index (χ0v) is 15.2. The van der Waals surface area contributed by atoms with Crippen LogP contribution in [0.2, 0.25) is 0 Å². The molecule has 0 spiro atoms. The van der Waals surface area contributed by atoms with Crippen LogP contribution in [0.25, 0.3) is 21.3 Å². The van der Waals surface area contributed by atoms with Crippen LogP contribution in [0.15, 0.2) is 47.0 Å². The molecule has 5 rings (SSSR count). The second kappa shape index (κ2) is 6.70. The summed E-state index contributed by atoms with van der Waals surface area (Å²) < 4.78 is 13.0. The second-order valence-electron chi connectivity index (χ2n) is 6.66. The van der Waals surface area contributed by atoms with Gasteiger partial charge in [-0.2, -0.15) is 4.98 Å². The summed E-state index contributed by atoms with van der Waals surface area (Å²) in [5, 5.41) is 1.67. The van der Waals surface area contributed by atoms with Crippen LogP contribution >= 0.6 is 11.3 Å². The number of nitrogens with zero attached hydrogens (tertiary/aromatic N) is 3. The minimum Gasteiger partial charge on any atom is -0.460 e. The molecule has 0 aliphatic carbocycles. The van der Waals surface area contributed by atoms with E-state index in [1.807, 2.05) is 30.3 Å². The quantitative estimate of drug-likeness (QED) is 0.496. The van der Waals surface area contributed by atoms with Crippen molar-refractivity contribution in [3.8, 4) is 10.9 Å². The van der Waals surface area contributed by atoms with Gasteiger partial charge in [0.05, 0.1) is 11.2 Å². The van der Waals surface area contributed by atoms with Crippen molar-refractivity contribution in [1.29, 1.82) is 0 Å². The van der Waals surface area contributed by atoms with Crippen molar-refractivity contribution in [2.75, 3.05) is 13.1 Å². The number of furan rings is 1. The molecule has 4 heterocycles. The Morgan fingerprint density at radius 2 is 2.04 bits per heavy atom. The lowest BCUT2D eigenvalue weighted by atomic mass is 10.1. The van der Waals surface area contributed by atoms with Crippen LogP contribution in [0.1, 0.15) is 25.0 Å². The van der Waals surface area contributed by atoms with Crippen molar-refractivity contribution in [1.82, 2.24) is 14.9 Å². The van der Waals surface area contributed by atoms with Gasteiger partial charge in [-0.25, -0.2) is 4.98 Å². The molecular formula is C20H19N3O2S. The minimum absolute atomic E-state index is 0.607. The summed E-state index contributed by atoms with van der Waals surface area (Å²) in [4.78, 5) is 11.1. The smallest absolute Gasteiger partial charge is 0.281 e. The fourth-order valence-corrected chi connectivity index (χ4v) is 4.24. The lowest BCUT2D eigenvalue weighted by Crippen LogP contribution is -2.28. The average molecular weight is 365 g/mol. The van der Waals surface area contributed by atoms with E-state index in [4.69, 9.17) is 9.15 Å². The van der Waals surface area contributed by atoms with Crippen molar-refractivity contribution >= 4 is 32.7 Å². The number of rotatable bonds is 4. The number of hydrogen-bond acceptors (Lipinski definition) is 6. The minimum atomic E-state index is 0.607. The molecule has 0 amide bonds. The predicted octanol–water partition coefficient (Wildman–Crippen LogP) is 5.22. The molecule has 3 aromatic heterocycles. The van der Waals surface area contributed by atoms with E-state index in [1.54, 1.807) is 6.20 Å². The number of likely N-dealkylation sites (tertiary alicyclic amines) is 1. The van der Waals surface area contributed by atoms with Gasteiger partial charge < -0.3 is 9.15 Å². The molecule has 4 aromatic rings. The van der Waals surface area contributed by atoms with Crippen molar-refractivity contribution in [2.24, 2.45) is 0 Å². The number of piperidine rings is 1. The van der Waals surface area contributed by atoms with Crippen LogP contribution in [0.5, 0.6) is 10.9 Å².